The van der Waals surface area contributed by atoms with Crippen LogP contribution in [0.25, 0.3) is 0 Å². The number of rotatable bonds is 5. The van der Waals surface area contributed by atoms with Gasteiger partial charge in [0.1, 0.15) is 0 Å². The fourth-order valence-electron chi connectivity index (χ4n) is 2.04. The Kier molecular flexibility index (Phi) is 5.28. The third-order valence-electron chi connectivity index (χ3n) is 2.94. The topological polar surface area (TPSA) is 50.2 Å². The maximum absolute atomic E-state index is 5.93. The molecule has 0 atom stereocenters. The molecule has 5 heteroatoms. The first-order chi connectivity index (χ1) is 10.1. The molecule has 4 nitrogen and oxygen atoms in total. The third-order valence-corrected chi connectivity index (χ3v) is 3.19. The molecule has 1 aromatic carbocycles. The van der Waals surface area contributed by atoms with Gasteiger partial charge in [-0.05, 0) is 44.0 Å². The molecule has 0 amide bonds. The molecule has 1 N–H and O–H groups in total. The molecule has 0 bridgehead atoms. The molecular weight excluding hydrogens is 284 g/mol. The summed E-state index contributed by atoms with van der Waals surface area (Å²) in [6.07, 6.45) is 1.89. The van der Waals surface area contributed by atoms with Crippen LogP contribution in [0.2, 0.25) is 5.02 Å². The fraction of sp³-hybridized carbons (Fsp3) is 0.312. The summed E-state index contributed by atoms with van der Waals surface area (Å²) in [6, 6.07) is 9.62. The van der Waals surface area contributed by atoms with Crippen molar-refractivity contribution in [3.8, 4) is 0 Å². The van der Waals surface area contributed by atoms with E-state index in [1.807, 2.05) is 44.2 Å². The molecule has 0 radical (unpaired) electrons. The lowest BCUT2D eigenvalue weighted by atomic mass is 10.1. The Hall–Kier alpha value is -1.94. The number of hydrogen-bond donors (Lipinski definition) is 1. The largest absolute Gasteiger partial charge is 0.245 e. The maximum Gasteiger partial charge on any atom is 0.243 e. The van der Waals surface area contributed by atoms with Crippen LogP contribution in [0, 0.1) is 13.8 Å². The number of benzene rings is 1. The molecule has 21 heavy (non-hydrogen) atoms. The number of aryl methyl sites for hydroxylation is 2. The van der Waals surface area contributed by atoms with Crippen molar-refractivity contribution in [1.29, 1.82) is 0 Å². The second-order valence-electron chi connectivity index (χ2n) is 4.90. The van der Waals surface area contributed by atoms with Gasteiger partial charge in [0.15, 0.2) is 0 Å². The number of aromatic nitrogens is 2. The van der Waals surface area contributed by atoms with Crippen LogP contribution >= 0.6 is 11.6 Å². The van der Waals surface area contributed by atoms with E-state index in [9.17, 15) is 0 Å². The minimum atomic E-state index is 0.523. The zero-order valence-electron chi connectivity index (χ0n) is 12.5. The minimum Gasteiger partial charge on any atom is -0.245 e. The van der Waals surface area contributed by atoms with E-state index in [-0.39, 0.29) is 0 Å². The van der Waals surface area contributed by atoms with E-state index in [1.165, 1.54) is 0 Å². The molecule has 0 spiro atoms. The number of nitrogens with one attached hydrogen (secondary N) is 1. The fourth-order valence-corrected chi connectivity index (χ4v) is 2.16. The second kappa shape index (κ2) is 7.18. The SMILES string of the molecule is CCC/C(=N/Nc1nc(C)cc(C)n1)c1ccc(Cl)cc1. The molecule has 0 saturated heterocycles. The zero-order valence-corrected chi connectivity index (χ0v) is 13.3. The van der Waals surface area contributed by atoms with E-state index in [4.69, 9.17) is 11.6 Å². The highest BCUT2D eigenvalue weighted by atomic mass is 35.5. The van der Waals surface area contributed by atoms with Crippen molar-refractivity contribution in [1.82, 2.24) is 9.97 Å². The molecule has 0 aliphatic heterocycles. The summed E-state index contributed by atoms with van der Waals surface area (Å²) in [4.78, 5) is 8.65. The summed E-state index contributed by atoms with van der Waals surface area (Å²) in [6.45, 7) is 6.00. The number of hydrogen-bond acceptors (Lipinski definition) is 4. The lowest BCUT2D eigenvalue weighted by Crippen LogP contribution is -2.06. The lowest BCUT2D eigenvalue weighted by Gasteiger charge is -2.07. The first-order valence-electron chi connectivity index (χ1n) is 6.99. The summed E-state index contributed by atoms with van der Waals surface area (Å²) in [7, 11) is 0. The Balaban J connectivity index is 2.23. The highest BCUT2D eigenvalue weighted by molar-refractivity contribution is 6.30. The van der Waals surface area contributed by atoms with Crippen molar-refractivity contribution >= 4 is 23.3 Å². The molecule has 0 unspecified atom stereocenters. The molecule has 0 saturated carbocycles. The van der Waals surface area contributed by atoms with Gasteiger partial charge >= 0.3 is 0 Å². The highest BCUT2D eigenvalue weighted by Crippen LogP contribution is 2.13. The van der Waals surface area contributed by atoms with Gasteiger partial charge in [0.05, 0.1) is 5.71 Å². The van der Waals surface area contributed by atoms with Crippen molar-refractivity contribution in [2.45, 2.75) is 33.6 Å². The molecule has 0 aliphatic rings. The van der Waals surface area contributed by atoms with Gasteiger partial charge in [-0.2, -0.15) is 5.10 Å². The van der Waals surface area contributed by atoms with Gasteiger partial charge in [0.2, 0.25) is 5.95 Å². The van der Waals surface area contributed by atoms with Crippen molar-refractivity contribution in [3.05, 3.63) is 52.3 Å². The second-order valence-corrected chi connectivity index (χ2v) is 5.34. The van der Waals surface area contributed by atoms with E-state index < -0.39 is 0 Å². The molecule has 2 aromatic rings. The van der Waals surface area contributed by atoms with Crippen LogP contribution in [0.3, 0.4) is 0 Å². The summed E-state index contributed by atoms with van der Waals surface area (Å²) in [5.74, 6) is 0.523. The zero-order chi connectivity index (χ0) is 15.2. The van der Waals surface area contributed by atoms with Crippen LogP contribution < -0.4 is 5.43 Å². The first-order valence-corrected chi connectivity index (χ1v) is 7.37. The first kappa shape index (κ1) is 15.4. The molecular formula is C16H19ClN4. The van der Waals surface area contributed by atoms with Gasteiger partial charge in [-0.3, -0.25) is 0 Å². The van der Waals surface area contributed by atoms with Gasteiger partial charge in [-0.25, -0.2) is 15.4 Å². The average Bonchev–Trinajstić information content (AvgIpc) is 2.43. The van der Waals surface area contributed by atoms with Crippen molar-refractivity contribution in [3.63, 3.8) is 0 Å². The van der Waals surface area contributed by atoms with Gasteiger partial charge < -0.3 is 0 Å². The third kappa shape index (κ3) is 4.53. The molecule has 1 heterocycles. The standard InChI is InChI=1S/C16H19ClN4/c1-4-5-15(13-6-8-14(17)9-7-13)20-21-16-18-11(2)10-12(3)19-16/h6-10H,4-5H2,1-3H3,(H,18,19,21)/b20-15-. The molecule has 0 fully saturated rings. The number of hydrazone groups is 1. The Morgan fingerprint density at radius 1 is 1.14 bits per heavy atom. The highest BCUT2D eigenvalue weighted by Gasteiger charge is 2.04. The van der Waals surface area contributed by atoms with Crippen LogP contribution in [-0.2, 0) is 0 Å². The van der Waals surface area contributed by atoms with E-state index in [2.05, 4.69) is 27.4 Å². The van der Waals surface area contributed by atoms with Gasteiger partial charge in [-0.15, -0.1) is 0 Å². The van der Waals surface area contributed by atoms with Crippen molar-refractivity contribution in [2.24, 2.45) is 5.10 Å². The Morgan fingerprint density at radius 2 is 1.76 bits per heavy atom. The predicted molar refractivity (Wildman–Crippen MR) is 88.0 cm³/mol. The molecule has 2 rings (SSSR count). The monoisotopic (exact) mass is 302 g/mol. The summed E-state index contributed by atoms with van der Waals surface area (Å²) >= 11 is 5.93. The van der Waals surface area contributed by atoms with E-state index >= 15 is 0 Å². The maximum atomic E-state index is 5.93. The Morgan fingerprint density at radius 3 is 2.33 bits per heavy atom. The number of anilines is 1. The average molecular weight is 303 g/mol. The van der Waals surface area contributed by atoms with E-state index in [1.54, 1.807) is 0 Å². The molecule has 1 aromatic heterocycles. The number of nitrogens with zero attached hydrogens (tertiary/aromatic N) is 3. The van der Waals surface area contributed by atoms with Crippen LogP contribution in [0.4, 0.5) is 5.95 Å². The lowest BCUT2D eigenvalue weighted by molar-refractivity contribution is 0.979. The van der Waals surface area contributed by atoms with Gasteiger partial charge in [0.25, 0.3) is 0 Å². The quantitative estimate of drug-likeness (QED) is 0.659. The number of halogens is 1. The van der Waals surface area contributed by atoms with Crippen LogP contribution in [0.5, 0.6) is 0 Å². The van der Waals surface area contributed by atoms with Crippen molar-refractivity contribution in [2.75, 3.05) is 5.43 Å². The summed E-state index contributed by atoms with van der Waals surface area (Å²) in [5.41, 5.74) is 6.82. The summed E-state index contributed by atoms with van der Waals surface area (Å²) < 4.78 is 0. The summed E-state index contributed by atoms with van der Waals surface area (Å²) in [5, 5.41) is 5.19. The van der Waals surface area contributed by atoms with E-state index in [0.29, 0.717) is 5.95 Å². The molecule has 0 aliphatic carbocycles. The predicted octanol–water partition coefficient (Wildman–Crippen LogP) is 4.36. The smallest absolute Gasteiger partial charge is 0.243 e. The van der Waals surface area contributed by atoms with Crippen LogP contribution in [0.1, 0.15) is 36.7 Å². The minimum absolute atomic E-state index is 0.523. The van der Waals surface area contributed by atoms with Crippen LogP contribution in [-0.4, -0.2) is 15.7 Å². The van der Waals surface area contributed by atoms with Crippen molar-refractivity contribution < 1.29 is 0 Å². The Bertz CT molecular complexity index is 615. The molecule has 110 valence electrons. The van der Waals surface area contributed by atoms with E-state index in [0.717, 1.165) is 40.5 Å². The normalized spacial score (nSPS) is 11.5. The van der Waals surface area contributed by atoms with Crippen LogP contribution in [0.15, 0.2) is 35.4 Å². The van der Waals surface area contributed by atoms with Gasteiger partial charge in [0, 0.05) is 16.4 Å². The van der Waals surface area contributed by atoms with Gasteiger partial charge in [-0.1, -0.05) is 37.1 Å². The Labute approximate surface area is 130 Å².